The van der Waals surface area contributed by atoms with Gasteiger partial charge in [0.1, 0.15) is 5.75 Å². The lowest BCUT2D eigenvalue weighted by molar-refractivity contribution is 0.414. The van der Waals surface area contributed by atoms with Crippen molar-refractivity contribution in [3.8, 4) is 5.75 Å². The summed E-state index contributed by atoms with van der Waals surface area (Å²) < 4.78 is 5.27. The van der Waals surface area contributed by atoms with Crippen LogP contribution in [0.2, 0.25) is 5.02 Å². The average molecular weight is 290 g/mol. The van der Waals surface area contributed by atoms with Crippen molar-refractivity contribution < 1.29 is 4.74 Å². The number of likely N-dealkylation sites (N-methyl/N-ethyl adjacent to an activating group) is 1. The molecule has 1 N–H and O–H groups in total. The molecule has 2 nitrogen and oxygen atoms in total. The summed E-state index contributed by atoms with van der Waals surface area (Å²) in [4.78, 5) is 0. The lowest BCUT2D eigenvalue weighted by atomic mass is 9.99. The Bertz CT molecular complexity index is 539. The lowest BCUT2D eigenvalue weighted by Crippen LogP contribution is -2.29. The van der Waals surface area contributed by atoms with Gasteiger partial charge in [0.2, 0.25) is 0 Å². The SMILES string of the molecule is CNC(Cc1ccc(Cl)cc1)Cc1cccc(OC)c1. The molecule has 2 rings (SSSR count). The maximum Gasteiger partial charge on any atom is 0.119 e. The third-order valence-corrected chi connectivity index (χ3v) is 3.67. The molecule has 0 radical (unpaired) electrons. The molecule has 0 aliphatic carbocycles. The number of hydrogen-bond acceptors (Lipinski definition) is 2. The van der Waals surface area contributed by atoms with Crippen molar-refractivity contribution in [3.05, 3.63) is 64.7 Å². The Kier molecular flexibility index (Phi) is 5.45. The number of hydrogen-bond donors (Lipinski definition) is 1. The molecule has 1 atom stereocenters. The number of halogens is 1. The summed E-state index contributed by atoms with van der Waals surface area (Å²) >= 11 is 5.92. The summed E-state index contributed by atoms with van der Waals surface area (Å²) in [5.41, 5.74) is 2.56. The van der Waals surface area contributed by atoms with Crippen molar-refractivity contribution in [2.24, 2.45) is 0 Å². The minimum atomic E-state index is 0.392. The van der Waals surface area contributed by atoms with Crippen LogP contribution >= 0.6 is 11.6 Å². The van der Waals surface area contributed by atoms with E-state index in [2.05, 4.69) is 29.6 Å². The number of nitrogens with one attached hydrogen (secondary N) is 1. The Morgan fingerprint density at radius 3 is 2.40 bits per heavy atom. The molecule has 0 aliphatic rings. The largest absolute Gasteiger partial charge is 0.497 e. The van der Waals surface area contributed by atoms with Crippen molar-refractivity contribution >= 4 is 11.6 Å². The molecule has 0 saturated heterocycles. The lowest BCUT2D eigenvalue weighted by Gasteiger charge is -2.17. The van der Waals surface area contributed by atoms with E-state index in [4.69, 9.17) is 16.3 Å². The molecule has 3 heteroatoms. The first kappa shape index (κ1) is 14.9. The summed E-state index contributed by atoms with van der Waals surface area (Å²) in [7, 11) is 3.70. The Labute approximate surface area is 125 Å². The molecule has 20 heavy (non-hydrogen) atoms. The smallest absolute Gasteiger partial charge is 0.119 e. The number of rotatable bonds is 6. The Balaban J connectivity index is 2.02. The molecule has 0 bridgehead atoms. The summed E-state index contributed by atoms with van der Waals surface area (Å²) in [6.45, 7) is 0. The van der Waals surface area contributed by atoms with Crippen LogP contribution in [-0.2, 0) is 12.8 Å². The van der Waals surface area contributed by atoms with Gasteiger partial charge in [-0.25, -0.2) is 0 Å². The number of methoxy groups -OCH3 is 1. The fourth-order valence-electron chi connectivity index (χ4n) is 2.27. The molecule has 1 unspecified atom stereocenters. The van der Waals surface area contributed by atoms with Crippen LogP contribution in [-0.4, -0.2) is 20.2 Å². The van der Waals surface area contributed by atoms with Gasteiger partial charge < -0.3 is 10.1 Å². The van der Waals surface area contributed by atoms with Gasteiger partial charge in [-0.2, -0.15) is 0 Å². The van der Waals surface area contributed by atoms with Crippen LogP contribution in [0.25, 0.3) is 0 Å². The first-order valence-electron chi connectivity index (χ1n) is 6.76. The van der Waals surface area contributed by atoms with E-state index in [0.717, 1.165) is 23.6 Å². The highest BCUT2D eigenvalue weighted by Crippen LogP contribution is 2.16. The molecule has 106 valence electrons. The molecule has 0 fully saturated rings. The van der Waals surface area contributed by atoms with E-state index in [-0.39, 0.29) is 0 Å². The fraction of sp³-hybridized carbons (Fsp3) is 0.294. The topological polar surface area (TPSA) is 21.3 Å². The van der Waals surface area contributed by atoms with E-state index in [0.29, 0.717) is 6.04 Å². The normalized spacial score (nSPS) is 12.2. The van der Waals surface area contributed by atoms with E-state index in [1.807, 2.05) is 31.3 Å². The molecule has 0 spiro atoms. The maximum atomic E-state index is 5.92. The van der Waals surface area contributed by atoms with Crippen LogP contribution in [0.3, 0.4) is 0 Å². The zero-order valence-electron chi connectivity index (χ0n) is 11.9. The van der Waals surface area contributed by atoms with Gasteiger partial charge in [0.05, 0.1) is 7.11 Å². The summed E-state index contributed by atoms with van der Waals surface area (Å²) in [6.07, 6.45) is 1.95. The second-order valence-electron chi connectivity index (χ2n) is 4.87. The van der Waals surface area contributed by atoms with Gasteiger partial charge in [-0.15, -0.1) is 0 Å². The molecule has 2 aromatic rings. The van der Waals surface area contributed by atoms with Crippen molar-refractivity contribution in [1.29, 1.82) is 0 Å². The molecule has 0 aromatic heterocycles. The zero-order valence-corrected chi connectivity index (χ0v) is 12.7. The third-order valence-electron chi connectivity index (χ3n) is 3.42. The highest BCUT2D eigenvalue weighted by molar-refractivity contribution is 6.30. The van der Waals surface area contributed by atoms with E-state index < -0.39 is 0 Å². The minimum Gasteiger partial charge on any atom is -0.497 e. The van der Waals surface area contributed by atoms with Crippen LogP contribution in [0.1, 0.15) is 11.1 Å². The van der Waals surface area contributed by atoms with Crippen molar-refractivity contribution in [2.75, 3.05) is 14.2 Å². The molecule has 0 amide bonds. The fourth-order valence-corrected chi connectivity index (χ4v) is 2.39. The number of ether oxygens (including phenoxy) is 1. The van der Waals surface area contributed by atoms with Crippen LogP contribution in [0.15, 0.2) is 48.5 Å². The summed E-state index contributed by atoms with van der Waals surface area (Å²) in [6, 6.07) is 16.7. The van der Waals surface area contributed by atoms with Gasteiger partial charge in [0.25, 0.3) is 0 Å². The first-order valence-corrected chi connectivity index (χ1v) is 7.13. The van der Waals surface area contributed by atoms with Gasteiger partial charge >= 0.3 is 0 Å². The highest BCUT2D eigenvalue weighted by atomic mass is 35.5. The van der Waals surface area contributed by atoms with Gasteiger partial charge in [0.15, 0.2) is 0 Å². The molecular formula is C17H20ClNO. The van der Waals surface area contributed by atoms with E-state index in [9.17, 15) is 0 Å². The average Bonchev–Trinajstić information content (AvgIpc) is 2.49. The molecular weight excluding hydrogens is 270 g/mol. The zero-order chi connectivity index (χ0) is 14.4. The van der Waals surface area contributed by atoms with E-state index >= 15 is 0 Å². The van der Waals surface area contributed by atoms with Crippen LogP contribution in [0.4, 0.5) is 0 Å². The number of benzene rings is 2. The Morgan fingerprint density at radius 2 is 1.75 bits per heavy atom. The van der Waals surface area contributed by atoms with Gasteiger partial charge in [-0.3, -0.25) is 0 Å². The Morgan fingerprint density at radius 1 is 1.05 bits per heavy atom. The van der Waals surface area contributed by atoms with Gasteiger partial charge in [0, 0.05) is 11.1 Å². The van der Waals surface area contributed by atoms with Gasteiger partial charge in [-0.1, -0.05) is 35.9 Å². The van der Waals surface area contributed by atoms with Crippen molar-refractivity contribution in [2.45, 2.75) is 18.9 Å². The highest BCUT2D eigenvalue weighted by Gasteiger charge is 2.09. The summed E-state index contributed by atoms with van der Waals surface area (Å²) in [5, 5.41) is 4.16. The quantitative estimate of drug-likeness (QED) is 0.875. The van der Waals surface area contributed by atoms with Crippen molar-refractivity contribution in [3.63, 3.8) is 0 Å². The second kappa shape index (κ2) is 7.32. The first-order chi connectivity index (χ1) is 9.71. The third kappa shape index (κ3) is 4.26. The second-order valence-corrected chi connectivity index (χ2v) is 5.31. The minimum absolute atomic E-state index is 0.392. The molecule has 0 aliphatic heterocycles. The summed E-state index contributed by atoms with van der Waals surface area (Å²) in [5.74, 6) is 0.906. The van der Waals surface area contributed by atoms with Crippen molar-refractivity contribution in [1.82, 2.24) is 5.32 Å². The maximum absolute atomic E-state index is 5.92. The van der Waals surface area contributed by atoms with Gasteiger partial charge in [-0.05, 0) is 55.3 Å². The molecule has 2 aromatic carbocycles. The standard InChI is InChI=1S/C17H20ClNO/c1-19-16(10-13-6-8-15(18)9-7-13)11-14-4-3-5-17(12-14)20-2/h3-9,12,16,19H,10-11H2,1-2H3. The van der Waals surface area contributed by atoms with E-state index in [1.54, 1.807) is 7.11 Å². The Hall–Kier alpha value is -1.51. The van der Waals surface area contributed by atoms with Crippen LogP contribution < -0.4 is 10.1 Å². The van der Waals surface area contributed by atoms with Crippen LogP contribution in [0.5, 0.6) is 5.75 Å². The monoisotopic (exact) mass is 289 g/mol. The predicted octanol–water partition coefficient (Wildman–Crippen LogP) is 3.72. The molecule has 0 heterocycles. The predicted molar refractivity (Wildman–Crippen MR) is 84.7 cm³/mol. The molecule has 0 saturated carbocycles. The van der Waals surface area contributed by atoms with Crippen LogP contribution in [0, 0.1) is 0 Å². The van der Waals surface area contributed by atoms with E-state index in [1.165, 1.54) is 11.1 Å².